The molecule has 0 aromatic carbocycles. The van der Waals surface area contributed by atoms with Gasteiger partial charge in [-0.15, -0.1) is 0 Å². The van der Waals surface area contributed by atoms with E-state index in [0.29, 0.717) is 19.8 Å². The normalized spacial score (nSPS) is 29.9. The number of rotatable bonds is 5. The average molecular weight is 285 g/mol. The predicted octanol–water partition coefficient (Wildman–Crippen LogP) is 1.10. The fourth-order valence-corrected chi connectivity index (χ4v) is 3.14. The van der Waals surface area contributed by atoms with Crippen molar-refractivity contribution in [3.8, 4) is 0 Å². The highest BCUT2D eigenvalue weighted by molar-refractivity contribution is 5.79. The van der Waals surface area contributed by atoms with Crippen LogP contribution in [-0.4, -0.2) is 50.1 Å². The molecule has 0 aliphatic carbocycles. The molecule has 20 heavy (non-hydrogen) atoms. The maximum atomic E-state index is 12.4. The second kappa shape index (κ2) is 7.38. The summed E-state index contributed by atoms with van der Waals surface area (Å²) in [5.41, 5.74) is -0.203. The topological polar surface area (TPSA) is 67.8 Å². The van der Waals surface area contributed by atoms with Crippen LogP contribution in [-0.2, 0) is 14.3 Å². The molecule has 2 aliphatic rings. The first-order valence-corrected chi connectivity index (χ1v) is 7.79. The van der Waals surface area contributed by atoms with Crippen molar-refractivity contribution in [3.63, 3.8) is 0 Å². The van der Waals surface area contributed by atoms with E-state index in [0.717, 1.165) is 38.7 Å². The zero-order valence-electron chi connectivity index (χ0n) is 12.4. The van der Waals surface area contributed by atoms with Crippen molar-refractivity contribution in [1.29, 1.82) is 0 Å². The number of hydrogen-bond donors (Lipinski definition) is 2. The first-order valence-electron chi connectivity index (χ1n) is 7.79. The molecule has 0 aromatic rings. The van der Waals surface area contributed by atoms with Gasteiger partial charge in [-0.3, -0.25) is 4.79 Å². The molecule has 116 valence electrons. The molecular formula is C15H27NO4. The lowest BCUT2D eigenvalue weighted by atomic mass is 9.80. The number of hydrogen-bond acceptors (Lipinski definition) is 4. The van der Waals surface area contributed by atoms with E-state index < -0.39 is 0 Å². The van der Waals surface area contributed by atoms with Crippen molar-refractivity contribution in [1.82, 2.24) is 5.32 Å². The Labute approximate surface area is 121 Å². The largest absolute Gasteiger partial charge is 0.396 e. The number of aliphatic hydroxyl groups excluding tert-OH is 1. The Morgan fingerprint density at radius 2 is 2.10 bits per heavy atom. The molecule has 2 N–H and O–H groups in total. The number of carbonyl (C=O) groups is 1. The molecule has 0 saturated carbocycles. The van der Waals surface area contributed by atoms with Gasteiger partial charge in [0.2, 0.25) is 5.91 Å². The average Bonchev–Trinajstić information content (AvgIpc) is 2.53. The van der Waals surface area contributed by atoms with Crippen molar-refractivity contribution >= 4 is 5.91 Å². The molecule has 2 fully saturated rings. The van der Waals surface area contributed by atoms with Gasteiger partial charge >= 0.3 is 0 Å². The van der Waals surface area contributed by atoms with Crippen LogP contribution in [0.1, 0.15) is 39.0 Å². The summed E-state index contributed by atoms with van der Waals surface area (Å²) in [6.45, 7) is 4.80. The van der Waals surface area contributed by atoms with Gasteiger partial charge in [-0.05, 0) is 32.1 Å². The monoisotopic (exact) mass is 285 g/mol. The van der Waals surface area contributed by atoms with E-state index in [9.17, 15) is 9.90 Å². The highest BCUT2D eigenvalue weighted by Gasteiger charge is 2.35. The third kappa shape index (κ3) is 3.71. The molecule has 2 atom stereocenters. The number of nitrogens with one attached hydrogen (secondary N) is 1. The van der Waals surface area contributed by atoms with Crippen LogP contribution >= 0.6 is 0 Å². The Morgan fingerprint density at radius 3 is 2.75 bits per heavy atom. The van der Waals surface area contributed by atoms with E-state index in [-0.39, 0.29) is 30.0 Å². The van der Waals surface area contributed by atoms with Crippen LogP contribution in [0.5, 0.6) is 0 Å². The molecule has 0 aromatic heterocycles. The summed E-state index contributed by atoms with van der Waals surface area (Å²) < 4.78 is 11.0. The van der Waals surface area contributed by atoms with Gasteiger partial charge in [0, 0.05) is 31.8 Å². The molecule has 2 rings (SSSR count). The van der Waals surface area contributed by atoms with Crippen molar-refractivity contribution in [2.24, 2.45) is 11.3 Å². The van der Waals surface area contributed by atoms with E-state index in [4.69, 9.17) is 9.47 Å². The Morgan fingerprint density at radius 1 is 1.35 bits per heavy atom. The van der Waals surface area contributed by atoms with Crippen molar-refractivity contribution in [2.45, 2.75) is 45.1 Å². The first-order chi connectivity index (χ1) is 9.71. The fraction of sp³-hybridized carbons (Fsp3) is 0.933. The number of carbonyl (C=O) groups excluding carboxylic acids is 1. The summed E-state index contributed by atoms with van der Waals surface area (Å²) >= 11 is 0. The van der Waals surface area contributed by atoms with Gasteiger partial charge in [0.25, 0.3) is 0 Å². The lowest BCUT2D eigenvalue weighted by molar-refractivity contribution is -0.135. The molecule has 2 aliphatic heterocycles. The summed E-state index contributed by atoms with van der Waals surface area (Å²) in [6.07, 6.45) is 4.39. The van der Waals surface area contributed by atoms with E-state index in [1.807, 2.05) is 0 Å². The molecule has 0 bridgehead atoms. The molecule has 0 unspecified atom stereocenters. The Balaban J connectivity index is 1.86. The smallest absolute Gasteiger partial charge is 0.225 e. The van der Waals surface area contributed by atoms with Crippen LogP contribution in [0, 0.1) is 11.3 Å². The summed E-state index contributed by atoms with van der Waals surface area (Å²) in [5, 5.41) is 12.7. The maximum Gasteiger partial charge on any atom is 0.225 e. The summed E-state index contributed by atoms with van der Waals surface area (Å²) in [5.74, 6) is 0.0419. The van der Waals surface area contributed by atoms with Crippen LogP contribution < -0.4 is 5.32 Å². The van der Waals surface area contributed by atoms with Gasteiger partial charge < -0.3 is 19.9 Å². The highest BCUT2D eigenvalue weighted by Crippen LogP contribution is 2.30. The molecule has 2 saturated heterocycles. The first kappa shape index (κ1) is 15.7. The molecule has 0 radical (unpaired) electrons. The Kier molecular flexibility index (Phi) is 5.81. The summed E-state index contributed by atoms with van der Waals surface area (Å²) in [4.78, 5) is 12.4. The lowest BCUT2D eigenvalue weighted by Crippen LogP contribution is -2.48. The number of ether oxygens (including phenoxy) is 2. The quantitative estimate of drug-likeness (QED) is 0.793. The molecule has 0 spiro atoms. The second-order valence-electron chi connectivity index (χ2n) is 6.05. The number of amides is 1. The maximum absolute atomic E-state index is 12.4. The van der Waals surface area contributed by atoms with Crippen LogP contribution in [0.4, 0.5) is 0 Å². The van der Waals surface area contributed by atoms with Gasteiger partial charge in [-0.25, -0.2) is 0 Å². The minimum atomic E-state index is -0.203. The van der Waals surface area contributed by atoms with Gasteiger partial charge in [0.1, 0.15) is 0 Å². The van der Waals surface area contributed by atoms with Crippen molar-refractivity contribution < 1.29 is 19.4 Å². The zero-order chi connectivity index (χ0) is 14.4. The van der Waals surface area contributed by atoms with Gasteiger partial charge in [0.15, 0.2) is 0 Å². The summed E-state index contributed by atoms with van der Waals surface area (Å²) in [6, 6.07) is 0. The Hall–Kier alpha value is -0.650. The van der Waals surface area contributed by atoms with Gasteiger partial charge in [-0.2, -0.15) is 0 Å². The van der Waals surface area contributed by atoms with Crippen LogP contribution in [0.15, 0.2) is 0 Å². The Bertz CT molecular complexity index is 315. The van der Waals surface area contributed by atoms with E-state index >= 15 is 0 Å². The molecule has 5 heteroatoms. The van der Waals surface area contributed by atoms with Crippen LogP contribution in [0.3, 0.4) is 0 Å². The fourth-order valence-electron chi connectivity index (χ4n) is 3.14. The molecule has 1 amide bonds. The lowest BCUT2D eigenvalue weighted by Gasteiger charge is -2.37. The van der Waals surface area contributed by atoms with E-state index in [2.05, 4.69) is 12.2 Å². The molecular weight excluding hydrogens is 258 g/mol. The predicted molar refractivity (Wildman–Crippen MR) is 75.3 cm³/mol. The van der Waals surface area contributed by atoms with Gasteiger partial charge in [0.05, 0.1) is 18.6 Å². The van der Waals surface area contributed by atoms with E-state index in [1.165, 1.54) is 0 Å². The van der Waals surface area contributed by atoms with Crippen molar-refractivity contribution in [3.05, 3.63) is 0 Å². The minimum Gasteiger partial charge on any atom is -0.396 e. The van der Waals surface area contributed by atoms with Gasteiger partial charge in [-0.1, -0.05) is 6.92 Å². The second-order valence-corrected chi connectivity index (χ2v) is 6.05. The number of aliphatic hydroxyl groups is 1. The van der Waals surface area contributed by atoms with Crippen LogP contribution in [0.2, 0.25) is 0 Å². The van der Waals surface area contributed by atoms with E-state index in [1.54, 1.807) is 0 Å². The highest BCUT2D eigenvalue weighted by atomic mass is 16.5. The minimum absolute atomic E-state index is 0.0377. The third-order valence-electron chi connectivity index (χ3n) is 4.71. The molecule has 2 heterocycles. The third-order valence-corrected chi connectivity index (χ3v) is 4.71. The standard InChI is InChI=1S/C15H27NO4/c1-2-13-12(4-3-7-20-13)14(18)16-10-15(11-17)5-8-19-9-6-15/h12-13,17H,2-11H2,1H3,(H,16,18)/t12-,13-/m1/s1. The van der Waals surface area contributed by atoms with Crippen LogP contribution in [0.25, 0.3) is 0 Å². The summed E-state index contributed by atoms with van der Waals surface area (Å²) in [7, 11) is 0. The SMILES string of the molecule is CC[C@H]1OCCC[C@H]1C(=O)NCC1(CO)CCOCC1. The van der Waals surface area contributed by atoms with Crippen molar-refractivity contribution in [2.75, 3.05) is 33.0 Å². The zero-order valence-corrected chi connectivity index (χ0v) is 12.4. The molecule has 5 nitrogen and oxygen atoms in total.